The molecule has 0 bridgehead atoms. The first-order valence-corrected chi connectivity index (χ1v) is 6.66. The first-order valence-electron chi connectivity index (χ1n) is 5.87. The van der Waals surface area contributed by atoms with Crippen molar-refractivity contribution in [2.24, 2.45) is 0 Å². The van der Waals surface area contributed by atoms with Gasteiger partial charge in [-0.3, -0.25) is 0 Å². The largest absolute Gasteiger partial charge is 0.497 e. The fourth-order valence-electron chi connectivity index (χ4n) is 2.06. The van der Waals surface area contributed by atoms with E-state index in [1.807, 2.05) is 30.5 Å². The molecule has 2 aromatic heterocycles. The van der Waals surface area contributed by atoms with Crippen molar-refractivity contribution >= 4 is 27.0 Å². The lowest BCUT2D eigenvalue weighted by atomic mass is 10.1. The van der Waals surface area contributed by atoms with Crippen molar-refractivity contribution in [1.29, 1.82) is 0 Å². The predicted octanol–water partition coefficient (Wildman–Crippen LogP) is 3.32. The van der Waals surface area contributed by atoms with Gasteiger partial charge in [0.05, 0.1) is 18.2 Å². The fourth-order valence-corrected chi connectivity index (χ4v) is 2.59. The first-order chi connectivity index (χ1) is 9.28. The quantitative estimate of drug-likeness (QED) is 0.806. The molecule has 0 saturated carbocycles. The molecule has 1 aromatic carbocycles. The SMILES string of the molecule is COc1ccc(Cc2ncnc3[nH]cc(Br)c23)cc1. The van der Waals surface area contributed by atoms with Crippen LogP contribution in [0.4, 0.5) is 0 Å². The number of H-pyrrole nitrogens is 1. The molecule has 0 unspecified atom stereocenters. The topological polar surface area (TPSA) is 50.8 Å². The van der Waals surface area contributed by atoms with Gasteiger partial charge in [0, 0.05) is 17.1 Å². The summed E-state index contributed by atoms with van der Waals surface area (Å²) in [4.78, 5) is 11.7. The molecule has 0 atom stereocenters. The molecule has 3 aromatic rings. The van der Waals surface area contributed by atoms with Crippen molar-refractivity contribution < 1.29 is 4.74 Å². The molecule has 19 heavy (non-hydrogen) atoms. The number of nitrogens with one attached hydrogen (secondary N) is 1. The summed E-state index contributed by atoms with van der Waals surface area (Å²) in [6, 6.07) is 8.01. The number of ether oxygens (including phenoxy) is 1. The van der Waals surface area contributed by atoms with Gasteiger partial charge in [0.2, 0.25) is 0 Å². The lowest BCUT2D eigenvalue weighted by molar-refractivity contribution is 0.414. The van der Waals surface area contributed by atoms with E-state index in [-0.39, 0.29) is 0 Å². The van der Waals surface area contributed by atoms with Gasteiger partial charge >= 0.3 is 0 Å². The minimum atomic E-state index is 0.763. The number of fused-ring (bicyclic) bond motifs is 1. The monoisotopic (exact) mass is 317 g/mol. The molecule has 0 saturated heterocycles. The zero-order chi connectivity index (χ0) is 13.2. The van der Waals surface area contributed by atoms with Crippen LogP contribution in [0.2, 0.25) is 0 Å². The zero-order valence-corrected chi connectivity index (χ0v) is 11.9. The van der Waals surface area contributed by atoms with Crippen LogP contribution in [0, 0.1) is 0 Å². The lowest BCUT2D eigenvalue weighted by Gasteiger charge is -2.04. The standard InChI is InChI=1S/C14H12BrN3O/c1-19-10-4-2-9(3-5-10)6-12-13-11(15)7-16-14(13)18-8-17-12/h2-5,7-8H,6H2,1H3,(H,16,17,18). The summed E-state index contributed by atoms with van der Waals surface area (Å²) in [6.07, 6.45) is 4.24. The Labute approximate surface area is 119 Å². The van der Waals surface area contributed by atoms with Gasteiger partial charge in [-0.1, -0.05) is 12.1 Å². The summed E-state index contributed by atoms with van der Waals surface area (Å²) in [6.45, 7) is 0. The molecule has 2 heterocycles. The molecule has 3 rings (SSSR count). The Balaban J connectivity index is 1.98. The molecular formula is C14H12BrN3O. The van der Waals surface area contributed by atoms with Crippen LogP contribution in [0.5, 0.6) is 5.75 Å². The third-order valence-electron chi connectivity index (χ3n) is 3.03. The summed E-state index contributed by atoms with van der Waals surface area (Å²) >= 11 is 3.52. The number of halogens is 1. The number of nitrogens with zero attached hydrogens (tertiary/aromatic N) is 2. The average molecular weight is 318 g/mol. The Hall–Kier alpha value is -1.88. The molecule has 96 valence electrons. The van der Waals surface area contributed by atoms with Crippen molar-refractivity contribution in [2.45, 2.75) is 6.42 Å². The smallest absolute Gasteiger partial charge is 0.142 e. The van der Waals surface area contributed by atoms with Gasteiger partial charge in [0.1, 0.15) is 17.7 Å². The maximum absolute atomic E-state index is 5.16. The second-order valence-electron chi connectivity index (χ2n) is 4.21. The van der Waals surface area contributed by atoms with E-state index < -0.39 is 0 Å². The Morgan fingerprint density at radius 3 is 2.74 bits per heavy atom. The van der Waals surface area contributed by atoms with Gasteiger partial charge in [0.15, 0.2) is 0 Å². The van der Waals surface area contributed by atoms with Crippen molar-refractivity contribution in [1.82, 2.24) is 15.0 Å². The Morgan fingerprint density at radius 2 is 2.00 bits per heavy atom. The minimum Gasteiger partial charge on any atom is -0.497 e. The molecule has 0 aliphatic heterocycles. The molecule has 0 fully saturated rings. The molecule has 4 nitrogen and oxygen atoms in total. The normalized spacial score (nSPS) is 10.8. The van der Waals surface area contributed by atoms with Gasteiger partial charge in [-0.05, 0) is 33.6 Å². The van der Waals surface area contributed by atoms with Gasteiger partial charge in [-0.15, -0.1) is 0 Å². The van der Waals surface area contributed by atoms with Crippen LogP contribution in [0.25, 0.3) is 11.0 Å². The van der Waals surface area contributed by atoms with Gasteiger partial charge in [0.25, 0.3) is 0 Å². The molecular weight excluding hydrogens is 306 g/mol. The highest BCUT2D eigenvalue weighted by Crippen LogP contribution is 2.26. The van der Waals surface area contributed by atoms with Crippen LogP contribution < -0.4 is 4.74 Å². The van der Waals surface area contributed by atoms with E-state index in [0.29, 0.717) is 0 Å². The summed E-state index contributed by atoms with van der Waals surface area (Å²) in [7, 11) is 1.67. The molecule has 0 spiro atoms. The summed E-state index contributed by atoms with van der Waals surface area (Å²) in [5.74, 6) is 0.861. The van der Waals surface area contributed by atoms with Crippen LogP contribution >= 0.6 is 15.9 Å². The molecule has 0 amide bonds. The van der Waals surface area contributed by atoms with Gasteiger partial charge < -0.3 is 9.72 Å². The number of hydrogen-bond donors (Lipinski definition) is 1. The second-order valence-corrected chi connectivity index (χ2v) is 5.06. The molecule has 5 heteroatoms. The number of hydrogen-bond acceptors (Lipinski definition) is 3. The summed E-state index contributed by atoms with van der Waals surface area (Å²) in [5, 5.41) is 1.04. The van der Waals surface area contributed by atoms with Gasteiger partial charge in [-0.25, -0.2) is 9.97 Å². The van der Waals surface area contributed by atoms with E-state index in [1.54, 1.807) is 13.4 Å². The molecule has 0 radical (unpaired) electrons. The van der Waals surface area contributed by atoms with E-state index >= 15 is 0 Å². The highest BCUT2D eigenvalue weighted by molar-refractivity contribution is 9.10. The third kappa shape index (κ3) is 2.33. The maximum atomic E-state index is 5.16. The highest BCUT2D eigenvalue weighted by Gasteiger charge is 2.09. The predicted molar refractivity (Wildman–Crippen MR) is 77.4 cm³/mol. The number of aromatic nitrogens is 3. The third-order valence-corrected chi connectivity index (χ3v) is 3.66. The van der Waals surface area contributed by atoms with Gasteiger partial charge in [-0.2, -0.15) is 0 Å². The molecule has 0 aliphatic rings. The number of benzene rings is 1. The van der Waals surface area contributed by atoms with E-state index in [2.05, 4.69) is 30.9 Å². The Morgan fingerprint density at radius 1 is 1.21 bits per heavy atom. The van der Waals surface area contributed by atoms with Crippen LogP contribution in [-0.2, 0) is 6.42 Å². The fraction of sp³-hybridized carbons (Fsp3) is 0.143. The van der Waals surface area contributed by atoms with Crippen molar-refractivity contribution in [3.05, 3.63) is 52.5 Å². The lowest BCUT2D eigenvalue weighted by Crippen LogP contribution is -1.95. The van der Waals surface area contributed by atoms with Crippen LogP contribution in [0.1, 0.15) is 11.3 Å². The second kappa shape index (κ2) is 5.01. The van der Waals surface area contributed by atoms with E-state index in [1.165, 1.54) is 5.56 Å². The van der Waals surface area contributed by atoms with E-state index in [4.69, 9.17) is 4.74 Å². The van der Waals surface area contributed by atoms with Crippen LogP contribution in [0.3, 0.4) is 0 Å². The summed E-state index contributed by atoms with van der Waals surface area (Å²) in [5.41, 5.74) is 3.04. The highest BCUT2D eigenvalue weighted by atomic mass is 79.9. The Bertz CT molecular complexity index is 706. The van der Waals surface area contributed by atoms with E-state index in [0.717, 1.165) is 33.4 Å². The number of aromatic amines is 1. The summed E-state index contributed by atoms with van der Waals surface area (Å²) < 4.78 is 6.15. The first kappa shape index (κ1) is 12.2. The average Bonchev–Trinajstić information content (AvgIpc) is 2.83. The van der Waals surface area contributed by atoms with Crippen LogP contribution in [0.15, 0.2) is 41.3 Å². The van der Waals surface area contributed by atoms with Crippen LogP contribution in [-0.4, -0.2) is 22.1 Å². The van der Waals surface area contributed by atoms with Crippen molar-refractivity contribution in [2.75, 3.05) is 7.11 Å². The zero-order valence-electron chi connectivity index (χ0n) is 10.4. The van der Waals surface area contributed by atoms with Crippen molar-refractivity contribution in [3.63, 3.8) is 0 Å². The number of rotatable bonds is 3. The molecule has 0 aliphatic carbocycles. The Kier molecular flexibility index (Phi) is 3.21. The maximum Gasteiger partial charge on any atom is 0.142 e. The minimum absolute atomic E-state index is 0.763. The van der Waals surface area contributed by atoms with Crippen molar-refractivity contribution in [3.8, 4) is 5.75 Å². The van der Waals surface area contributed by atoms with E-state index in [9.17, 15) is 0 Å². The molecule has 1 N–H and O–H groups in total. The number of methoxy groups -OCH3 is 1.